The summed E-state index contributed by atoms with van der Waals surface area (Å²) in [5.74, 6) is -1.69. The molecule has 12 heavy (non-hydrogen) atoms. The molecular formula is C8H17O4. The minimum atomic E-state index is -1.69. The highest BCUT2D eigenvalue weighted by molar-refractivity contribution is 4.64. The Bertz CT molecular complexity index is 99.2. The highest BCUT2D eigenvalue weighted by Crippen LogP contribution is 2.13. The van der Waals surface area contributed by atoms with Gasteiger partial charge in [0.2, 0.25) is 0 Å². The highest BCUT2D eigenvalue weighted by Gasteiger charge is 2.29. The number of ether oxygens (including phenoxy) is 3. The maximum Gasteiger partial charge on any atom is 0.311 e. The van der Waals surface area contributed by atoms with E-state index in [9.17, 15) is 5.11 Å². The summed E-state index contributed by atoms with van der Waals surface area (Å²) in [6, 6.07) is 0. The van der Waals surface area contributed by atoms with Crippen LogP contribution in [0.5, 0.6) is 0 Å². The molecule has 0 aliphatic rings. The number of methoxy groups -OCH3 is 1. The Morgan fingerprint density at radius 1 is 1.33 bits per heavy atom. The van der Waals surface area contributed by atoms with E-state index < -0.39 is 5.97 Å². The molecule has 1 atom stereocenters. The van der Waals surface area contributed by atoms with Crippen molar-refractivity contribution in [2.45, 2.75) is 26.2 Å². The van der Waals surface area contributed by atoms with Gasteiger partial charge in [0.15, 0.2) is 6.61 Å². The van der Waals surface area contributed by atoms with Gasteiger partial charge in [0.1, 0.15) is 0 Å². The second-order valence-electron chi connectivity index (χ2n) is 2.27. The summed E-state index contributed by atoms with van der Waals surface area (Å²) in [5, 5.41) is 9.52. The fourth-order valence-corrected chi connectivity index (χ4v) is 0.714. The molecule has 1 radical (unpaired) electrons. The van der Waals surface area contributed by atoms with Crippen molar-refractivity contribution in [3.05, 3.63) is 6.61 Å². The Morgan fingerprint density at radius 3 is 2.42 bits per heavy atom. The van der Waals surface area contributed by atoms with Crippen LogP contribution in [0.15, 0.2) is 0 Å². The Balaban J connectivity index is 3.80. The van der Waals surface area contributed by atoms with Crippen molar-refractivity contribution in [3.63, 3.8) is 0 Å². The van der Waals surface area contributed by atoms with E-state index in [0.29, 0.717) is 13.2 Å². The molecule has 4 nitrogen and oxygen atoms in total. The lowest BCUT2D eigenvalue weighted by Gasteiger charge is -2.25. The summed E-state index contributed by atoms with van der Waals surface area (Å²) < 4.78 is 14.6. The van der Waals surface area contributed by atoms with Crippen LogP contribution in [-0.4, -0.2) is 31.4 Å². The van der Waals surface area contributed by atoms with E-state index in [0.717, 1.165) is 13.0 Å². The van der Waals surface area contributed by atoms with Crippen molar-refractivity contribution < 1.29 is 19.3 Å². The molecule has 4 heteroatoms. The summed E-state index contributed by atoms with van der Waals surface area (Å²) in [7, 11) is 1.43. The number of aliphatic hydroxyl groups is 1. The van der Waals surface area contributed by atoms with E-state index >= 15 is 0 Å². The fourth-order valence-electron chi connectivity index (χ4n) is 0.714. The molecule has 0 saturated heterocycles. The first-order chi connectivity index (χ1) is 5.68. The molecular weight excluding hydrogens is 160 g/mol. The third-order valence-electron chi connectivity index (χ3n) is 1.13. The highest BCUT2D eigenvalue weighted by atomic mass is 16.8. The van der Waals surface area contributed by atoms with Gasteiger partial charge in [0, 0.05) is 13.7 Å². The maximum atomic E-state index is 9.52. The molecule has 0 saturated carbocycles. The van der Waals surface area contributed by atoms with Gasteiger partial charge in [-0.25, -0.2) is 0 Å². The van der Waals surface area contributed by atoms with Gasteiger partial charge < -0.3 is 19.3 Å². The topological polar surface area (TPSA) is 47.9 Å². The van der Waals surface area contributed by atoms with Crippen molar-refractivity contribution in [1.29, 1.82) is 0 Å². The molecule has 0 aliphatic heterocycles. The number of hydrogen-bond donors (Lipinski definition) is 1. The zero-order valence-electron chi connectivity index (χ0n) is 7.87. The summed E-state index contributed by atoms with van der Waals surface area (Å²) in [6.45, 7) is 5.62. The minimum Gasteiger partial charge on any atom is -0.370 e. The van der Waals surface area contributed by atoms with Crippen molar-refractivity contribution in [1.82, 2.24) is 0 Å². The Hall–Kier alpha value is -0.160. The zero-order chi connectivity index (χ0) is 9.45. The van der Waals surface area contributed by atoms with Crippen molar-refractivity contribution >= 4 is 0 Å². The van der Waals surface area contributed by atoms with E-state index in [4.69, 9.17) is 9.47 Å². The molecule has 0 aromatic heterocycles. The van der Waals surface area contributed by atoms with E-state index in [-0.39, 0.29) is 0 Å². The number of hydrogen-bond acceptors (Lipinski definition) is 4. The molecule has 0 aliphatic carbocycles. The molecule has 0 spiro atoms. The van der Waals surface area contributed by atoms with Crippen LogP contribution in [0.2, 0.25) is 0 Å². The SMILES string of the molecule is CCCOC(O)([CH]OC)OCC. The van der Waals surface area contributed by atoms with Crippen molar-refractivity contribution in [3.8, 4) is 0 Å². The lowest BCUT2D eigenvalue weighted by Crippen LogP contribution is -2.37. The van der Waals surface area contributed by atoms with Crippen LogP contribution >= 0.6 is 0 Å². The molecule has 1 N–H and O–H groups in total. The summed E-state index contributed by atoms with van der Waals surface area (Å²) in [5.41, 5.74) is 0. The van der Waals surface area contributed by atoms with E-state index in [1.807, 2.05) is 6.92 Å². The minimum absolute atomic E-state index is 0.361. The Morgan fingerprint density at radius 2 is 2.00 bits per heavy atom. The van der Waals surface area contributed by atoms with E-state index in [1.165, 1.54) is 7.11 Å². The Kier molecular flexibility index (Phi) is 6.28. The first-order valence-electron chi connectivity index (χ1n) is 4.06. The van der Waals surface area contributed by atoms with Gasteiger partial charge in [-0.3, -0.25) is 0 Å². The van der Waals surface area contributed by atoms with Crippen LogP contribution < -0.4 is 0 Å². The van der Waals surface area contributed by atoms with Gasteiger partial charge in [-0.15, -0.1) is 0 Å². The van der Waals surface area contributed by atoms with Gasteiger partial charge in [0.05, 0.1) is 6.61 Å². The smallest absolute Gasteiger partial charge is 0.311 e. The first kappa shape index (κ1) is 11.8. The predicted molar refractivity (Wildman–Crippen MR) is 44.1 cm³/mol. The molecule has 0 heterocycles. The average molecular weight is 177 g/mol. The molecule has 1 unspecified atom stereocenters. The third kappa shape index (κ3) is 4.66. The summed E-state index contributed by atoms with van der Waals surface area (Å²) >= 11 is 0. The van der Waals surface area contributed by atoms with Crippen LogP contribution in [0, 0.1) is 6.61 Å². The average Bonchev–Trinajstić information content (AvgIpc) is 2.02. The van der Waals surface area contributed by atoms with Gasteiger partial charge in [-0.2, -0.15) is 0 Å². The lowest BCUT2D eigenvalue weighted by atomic mass is 10.5. The summed E-state index contributed by atoms with van der Waals surface area (Å²) in [4.78, 5) is 0. The lowest BCUT2D eigenvalue weighted by molar-refractivity contribution is -0.352. The van der Waals surface area contributed by atoms with Gasteiger partial charge in [-0.05, 0) is 13.3 Å². The van der Waals surface area contributed by atoms with Gasteiger partial charge >= 0.3 is 5.97 Å². The summed E-state index contributed by atoms with van der Waals surface area (Å²) in [6.07, 6.45) is 0.812. The second kappa shape index (κ2) is 6.37. The molecule has 0 fully saturated rings. The quantitative estimate of drug-likeness (QED) is 0.587. The molecule has 0 amide bonds. The normalized spacial score (nSPS) is 16.0. The van der Waals surface area contributed by atoms with Crippen LogP contribution in [-0.2, 0) is 14.2 Å². The second-order valence-corrected chi connectivity index (χ2v) is 2.27. The number of rotatable bonds is 7. The fraction of sp³-hybridized carbons (Fsp3) is 0.875. The molecule has 73 valence electrons. The van der Waals surface area contributed by atoms with Gasteiger partial charge in [0.25, 0.3) is 0 Å². The van der Waals surface area contributed by atoms with Crippen molar-refractivity contribution in [2.24, 2.45) is 0 Å². The molecule has 0 rings (SSSR count). The standard InChI is InChI=1S/C8H17O4/c1-4-6-12-8(9,7-10-3)11-5-2/h7,9H,4-6H2,1-3H3. The van der Waals surface area contributed by atoms with E-state index in [2.05, 4.69) is 4.74 Å². The van der Waals surface area contributed by atoms with Crippen molar-refractivity contribution in [2.75, 3.05) is 20.3 Å². The first-order valence-corrected chi connectivity index (χ1v) is 4.06. The zero-order valence-corrected chi connectivity index (χ0v) is 7.87. The monoisotopic (exact) mass is 177 g/mol. The van der Waals surface area contributed by atoms with Crippen LogP contribution in [0.1, 0.15) is 20.3 Å². The van der Waals surface area contributed by atoms with E-state index in [1.54, 1.807) is 6.92 Å². The van der Waals surface area contributed by atoms with Crippen LogP contribution in [0.25, 0.3) is 0 Å². The largest absolute Gasteiger partial charge is 0.370 e. The van der Waals surface area contributed by atoms with Crippen LogP contribution in [0.3, 0.4) is 0 Å². The molecule has 0 bridgehead atoms. The predicted octanol–water partition coefficient (Wildman–Crippen LogP) is 0.904. The Labute approximate surface area is 73.4 Å². The maximum absolute atomic E-state index is 9.52. The third-order valence-corrected chi connectivity index (χ3v) is 1.13. The van der Waals surface area contributed by atoms with Gasteiger partial charge in [-0.1, -0.05) is 6.92 Å². The molecule has 0 aromatic rings. The molecule has 0 aromatic carbocycles. The van der Waals surface area contributed by atoms with Crippen LogP contribution in [0.4, 0.5) is 0 Å².